The number of H-pyrrole nitrogens is 1. The summed E-state index contributed by atoms with van der Waals surface area (Å²) in [6.07, 6.45) is 1.44. The smallest absolute Gasteiger partial charge is 0.292 e. The van der Waals surface area contributed by atoms with Crippen LogP contribution in [-0.2, 0) is 12.8 Å². The second-order valence-electron chi connectivity index (χ2n) is 4.78. The molecule has 2 rings (SSSR count). The molecule has 0 aliphatic carbocycles. The molecule has 7 nitrogen and oxygen atoms in total. The molecule has 0 saturated carbocycles. The van der Waals surface area contributed by atoms with Crippen LogP contribution in [0.3, 0.4) is 0 Å². The molecule has 0 aliphatic heterocycles. The molecule has 0 radical (unpaired) electrons. The molecule has 0 bridgehead atoms. The zero-order valence-corrected chi connectivity index (χ0v) is 12.3. The van der Waals surface area contributed by atoms with Gasteiger partial charge in [-0.15, -0.1) is 5.10 Å². The van der Waals surface area contributed by atoms with Crippen molar-refractivity contribution >= 4 is 5.91 Å². The maximum atomic E-state index is 12.1. The van der Waals surface area contributed by atoms with E-state index in [0.717, 1.165) is 12.0 Å². The van der Waals surface area contributed by atoms with E-state index in [1.54, 1.807) is 0 Å². The minimum atomic E-state index is -0.741. The molecular formula is C15H18N6O. The first-order chi connectivity index (χ1) is 10.7. The Kier molecular flexibility index (Phi) is 5.22. The maximum absolute atomic E-state index is 12.1. The summed E-state index contributed by atoms with van der Waals surface area (Å²) in [4.78, 5) is 16.1. The zero-order valence-electron chi connectivity index (χ0n) is 12.3. The molecule has 1 atom stereocenters. The van der Waals surface area contributed by atoms with Crippen LogP contribution < -0.4 is 11.1 Å². The molecule has 2 aromatic rings. The third-order valence-electron chi connectivity index (χ3n) is 3.24. The fourth-order valence-corrected chi connectivity index (χ4v) is 1.98. The number of aromatic amines is 1. The van der Waals surface area contributed by atoms with Gasteiger partial charge in [0, 0.05) is 6.42 Å². The lowest BCUT2D eigenvalue weighted by Crippen LogP contribution is -2.28. The summed E-state index contributed by atoms with van der Waals surface area (Å²) in [6.45, 7) is 2.47. The van der Waals surface area contributed by atoms with Crippen molar-refractivity contribution in [1.82, 2.24) is 20.5 Å². The van der Waals surface area contributed by atoms with E-state index in [0.29, 0.717) is 18.8 Å². The molecule has 1 amide bonds. The van der Waals surface area contributed by atoms with Crippen LogP contribution in [-0.4, -0.2) is 27.6 Å². The Balaban J connectivity index is 2.08. The van der Waals surface area contributed by atoms with Gasteiger partial charge in [0.1, 0.15) is 11.9 Å². The fraction of sp³-hybridized carbons (Fsp3) is 0.333. The molecular weight excluding hydrogens is 280 g/mol. The normalized spacial score (nSPS) is 11.7. The van der Waals surface area contributed by atoms with E-state index in [-0.39, 0.29) is 5.82 Å². The first kappa shape index (κ1) is 15.7. The van der Waals surface area contributed by atoms with Crippen LogP contribution in [0.2, 0.25) is 0 Å². The number of hydrogen-bond donors (Lipinski definition) is 3. The molecule has 7 heteroatoms. The van der Waals surface area contributed by atoms with Gasteiger partial charge in [0.15, 0.2) is 0 Å². The van der Waals surface area contributed by atoms with Crippen molar-refractivity contribution in [3.05, 3.63) is 47.0 Å². The largest absolute Gasteiger partial charge is 0.330 e. The number of nitrogens with zero attached hydrogens (tertiary/aromatic N) is 3. The van der Waals surface area contributed by atoms with E-state index in [1.165, 1.54) is 5.56 Å². The molecule has 0 aliphatic rings. The number of carbonyl (C=O) groups excluding carboxylic acids is 1. The van der Waals surface area contributed by atoms with Gasteiger partial charge < -0.3 is 11.1 Å². The minimum absolute atomic E-state index is 0.00822. The van der Waals surface area contributed by atoms with Crippen LogP contribution >= 0.6 is 0 Å². The number of nitriles is 1. The van der Waals surface area contributed by atoms with Gasteiger partial charge in [-0.3, -0.25) is 9.89 Å². The Bertz CT molecular complexity index is 670. The number of aryl methyl sites for hydroxylation is 1. The van der Waals surface area contributed by atoms with E-state index in [9.17, 15) is 10.1 Å². The summed E-state index contributed by atoms with van der Waals surface area (Å²) < 4.78 is 0. The lowest BCUT2D eigenvalue weighted by atomic mass is 10.0. The second kappa shape index (κ2) is 7.33. The minimum Gasteiger partial charge on any atom is -0.330 e. The number of hydrogen-bond acceptors (Lipinski definition) is 5. The number of carbonyl (C=O) groups is 1. The predicted molar refractivity (Wildman–Crippen MR) is 80.8 cm³/mol. The van der Waals surface area contributed by atoms with E-state index in [4.69, 9.17) is 5.73 Å². The highest BCUT2D eigenvalue weighted by atomic mass is 16.2. The molecule has 1 aromatic carbocycles. The van der Waals surface area contributed by atoms with E-state index >= 15 is 0 Å². The number of amides is 1. The van der Waals surface area contributed by atoms with Crippen molar-refractivity contribution in [2.45, 2.75) is 25.8 Å². The van der Waals surface area contributed by atoms with Crippen molar-refractivity contribution < 1.29 is 4.79 Å². The molecule has 0 unspecified atom stereocenters. The maximum Gasteiger partial charge on any atom is 0.292 e. The number of aromatic nitrogens is 3. The summed E-state index contributed by atoms with van der Waals surface area (Å²) in [7, 11) is 0. The Labute approximate surface area is 128 Å². The average molecular weight is 298 g/mol. The van der Waals surface area contributed by atoms with Gasteiger partial charge in [-0.05, 0) is 24.1 Å². The highest BCUT2D eigenvalue weighted by Gasteiger charge is 2.18. The quantitative estimate of drug-likeness (QED) is 0.730. The first-order valence-electron chi connectivity index (χ1n) is 7.08. The third kappa shape index (κ3) is 3.68. The summed E-state index contributed by atoms with van der Waals surface area (Å²) in [5.74, 6) is 0.0629. The number of benzene rings is 1. The van der Waals surface area contributed by atoms with Crippen molar-refractivity contribution in [2.75, 3.05) is 6.54 Å². The predicted octanol–water partition coefficient (Wildman–Crippen LogP) is 0.863. The Morgan fingerprint density at radius 1 is 1.45 bits per heavy atom. The molecule has 0 saturated heterocycles. The van der Waals surface area contributed by atoms with Gasteiger partial charge in [-0.2, -0.15) is 5.26 Å². The third-order valence-corrected chi connectivity index (χ3v) is 3.24. The van der Waals surface area contributed by atoms with E-state index in [1.807, 2.05) is 24.3 Å². The molecule has 0 spiro atoms. The zero-order chi connectivity index (χ0) is 15.9. The average Bonchev–Trinajstić information content (AvgIpc) is 3.02. The van der Waals surface area contributed by atoms with Crippen molar-refractivity contribution in [1.29, 1.82) is 5.26 Å². The number of nitrogens with two attached hydrogens (primary N) is 1. The Morgan fingerprint density at radius 3 is 2.77 bits per heavy atom. The van der Waals surface area contributed by atoms with Gasteiger partial charge in [-0.25, -0.2) is 4.98 Å². The summed E-state index contributed by atoms with van der Waals surface area (Å²) >= 11 is 0. The first-order valence-corrected chi connectivity index (χ1v) is 7.08. The number of nitrogens with one attached hydrogen (secondary N) is 2. The molecule has 0 fully saturated rings. The van der Waals surface area contributed by atoms with Crippen molar-refractivity contribution in [2.24, 2.45) is 5.73 Å². The molecule has 114 valence electrons. The monoisotopic (exact) mass is 298 g/mol. The van der Waals surface area contributed by atoms with Gasteiger partial charge in [-0.1, -0.05) is 31.2 Å². The van der Waals surface area contributed by atoms with Crippen molar-refractivity contribution in [3.8, 4) is 6.07 Å². The van der Waals surface area contributed by atoms with Crippen LogP contribution in [0.15, 0.2) is 24.3 Å². The summed E-state index contributed by atoms with van der Waals surface area (Å²) in [6, 6.07) is 8.89. The van der Waals surface area contributed by atoms with Crippen molar-refractivity contribution in [3.63, 3.8) is 0 Å². The van der Waals surface area contributed by atoms with E-state index < -0.39 is 11.9 Å². The van der Waals surface area contributed by atoms with Crippen LogP contribution in [0.1, 0.15) is 40.5 Å². The molecule has 22 heavy (non-hydrogen) atoms. The van der Waals surface area contributed by atoms with Gasteiger partial charge in [0.2, 0.25) is 5.82 Å². The van der Waals surface area contributed by atoms with Crippen LogP contribution in [0.25, 0.3) is 0 Å². The van der Waals surface area contributed by atoms with Gasteiger partial charge in [0.25, 0.3) is 5.91 Å². The fourth-order valence-electron chi connectivity index (χ4n) is 1.98. The molecule has 1 heterocycles. The van der Waals surface area contributed by atoms with Crippen LogP contribution in [0, 0.1) is 11.3 Å². The van der Waals surface area contributed by atoms with Gasteiger partial charge >= 0.3 is 0 Å². The topological polar surface area (TPSA) is 120 Å². The Morgan fingerprint density at radius 2 is 2.18 bits per heavy atom. The SMILES string of the molecule is CCc1ccc([C@@H](C#N)NC(=O)c2n[nH]c(CCN)n2)cc1. The van der Waals surface area contributed by atoms with Crippen LogP contribution in [0.4, 0.5) is 0 Å². The van der Waals surface area contributed by atoms with Gasteiger partial charge in [0.05, 0.1) is 6.07 Å². The summed E-state index contributed by atoms with van der Waals surface area (Å²) in [5, 5.41) is 18.4. The summed E-state index contributed by atoms with van der Waals surface area (Å²) in [5.41, 5.74) is 7.32. The molecule has 1 aromatic heterocycles. The number of rotatable bonds is 6. The van der Waals surface area contributed by atoms with Crippen LogP contribution in [0.5, 0.6) is 0 Å². The lowest BCUT2D eigenvalue weighted by molar-refractivity contribution is 0.0935. The Hall–Kier alpha value is -2.72. The standard InChI is InChI=1S/C15H18N6O/c1-2-10-3-5-11(6-4-10)12(9-17)18-15(22)14-19-13(7-8-16)20-21-14/h3-6,12H,2,7-8,16H2,1H3,(H,18,22)(H,19,20,21)/t12-/m1/s1. The van der Waals surface area contributed by atoms with E-state index in [2.05, 4.69) is 33.5 Å². The second-order valence-corrected chi connectivity index (χ2v) is 4.78. The molecule has 4 N–H and O–H groups in total. The highest BCUT2D eigenvalue weighted by molar-refractivity contribution is 5.90. The lowest BCUT2D eigenvalue weighted by Gasteiger charge is -2.11. The highest BCUT2D eigenvalue weighted by Crippen LogP contribution is 2.14.